The zero-order valence-electron chi connectivity index (χ0n) is 16.2. The molecule has 2 aromatic heterocycles. The van der Waals surface area contributed by atoms with E-state index < -0.39 is 0 Å². The minimum absolute atomic E-state index is 0.143. The number of nitrogens with one attached hydrogen (secondary N) is 1. The number of carbonyl (C=O) groups is 1. The molecule has 2 aromatic carbocycles. The third kappa shape index (κ3) is 4.46. The molecule has 0 radical (unpaired) electrons. The maximum Gasteiger partial charge on any atom is 0.255 e. The molecule has 146 valence electrons. The Kier molecular flexibility index (Phi) is 5.56. The summed E-state index contributed by atoms with van der Waals surface area (Å²) < 4.78 is 11.7. The van der Waals surface area contributed by atoms with Gasteiger partial charge in [-0.1, -0.05) is 30.3 Å². The third-order valence-corrected chi connectivity index (χ3v) is 4.76. The molecule has 1 amide bonds. The van der Waals surface area contributed by atoms with Gasteiger partial charge < -0.3 is 14.5 Å². The number of fused-ring (bicyclic) bond motifs is 1. The average molecular weight is 386 g/mol. The molecule has 0 bridgehead atoms. The van der Waals surface area contributed by atoms with Crippen molar-refractivity contribution in [3.63, 3.8) is 0 Å². The van der Waals surface area contributed by atoms with Gasteiger partial charge in [-0.3, -0.25) is 9.78 Å². The summed E-state index contributed by atoms with van der Waals surface area (Å²) in [6.07, 6.45) is 4.25. The SMILES string of the molecule is Cc1oc2ccc(OCc3ccccc3)cc2c1C(=O)NCCc1ccncc1. The van der Waals surface area contributed by atoms with Crippen molar-refractivity contribution in [2.24, 2.45) is 0 Å². The first-order chi connectivity index (χ1) is 14.2. The molecule has 0 spiro atoms. The summed E-state index contributed by atoms with van der Waals surface area (Å²) in [7, 11) is 0. The number of furan rings is 1. The molecular weight excluding hydrogens is 364 g/mol. The van der Waals surface area contributed by atoms with Crippen molar-refractivity contribution in [2.45, 2.75) is 20.0 Å². The predicted octanol–water partition coefficient (Wildman–Crippen LogP) is 4.69. The Bertz CT molecular complexity index is 1110. The van der Waals surface area contributed by atoms with Crippen LogP contribution in [0.3, 0.4) is 0 Å². The summed E-state index contributed by atoms with van der Waals surface area (Å²) in [6, 6.07) is 19.4. The number of carbonyl (C=O) groups excluding carboxylic acids is 1. The first kappa shape index (κ1) is 18.7. The Hall–Kier alpha value is -3.60. The molecule has 29 heavy (non-hydrogen) atoms. The van der Waals surface area contributed by atoms with Gasteiger partial charge in [0.15, 0.2) is 0 Å². The number of hydrogen-bond donors (Lipinski definition) is 1. The van der Waals surface area contributed by atoms with E-state index in [1.165, 1.54) is 0 Å². The number of aryl methyl sites for hydroxylation is 1. The number of pyridine rings is 1. The largest absolute Gasteiger partial charge is 0.489 e. The lowest BCUT2D eigenvalue weighted by molar-refractivity contribution is 0.0954. The molecule has 1 N–H and O–H groups in total. The zero-order valence-corrected chi connectivity index (χ0v) is 16.2. The van der Waals surface area contributed by atoms with Gasteiger partial charge in [-0.25, -0.2) is 0 Å². The highest BCUT2D eigenvalue weighted by molar-refractivity contribution is 6.07. The smallest absolute Gasteiger partial charge is 0.255 e. The molecule has 0 aliphatic heterocycles. The van der Waals surface area contributed by atoms with Gasteiger partial charge in [-0.15, -0.1) is 0 Å². The van der Waals surface area contributed by atoms with Crippen molar-refractivity contribution < 1.29 is 13.9 Å². The quantitative estimate of drug-likeness (QED) is 0.501. The Balaban J connectivity index is 1.47. The van der Waals surface area contributed by atoms with Crippen molar-refractivity contribution in [1.82, 2.24) is 10.3 Å². The van der Waals surface area contributed by atoms with Gasteiger partial charge >= 0.3 is 0 Å². The van der Waals surface area contributed by atoms with Crippen LogP contribution in [0.25, 0.3) is 11.0 Å². The van der Waals surface area contributed by atoms with E-state index in [1.807, 2.05) is 67.6 Å². The van der Waals surface area contributed by atoms with Crippen LogP contribution >= 0.6 is 0 Å². The minimum atomic E-state index is -0.143. The molecule has 4 rings (SSSR count). The summed E-state index contributed by atoms with van der Waals surface area (Å²) in [6.45, 7) is 2.82. The molecule has 0 saturated carbocycles. The van der Waals surface area contributed by atoms with Crippen molar-refractivity contribution in [1.29, 1.82) is 0 Å². The van der Waals surface area contributed by atoms with Crippen LogP contribution in [-0.4, -0.2) is 17.4 Å². The molecule has 2 heterocycles. The summed E-state index contributed by atoms with van der Waals surface area (Å²) in [4.78, 5) is 16.8. The molecule has 0 saturated heterocycles. The van der Waals surface area contributed by atoms with E-state index in [1.54, 1.807) is 12.4 Å². The van der Waals surface area contributed by atoms with E-state index in [0.717, 1.165) is 22.9 Å². The maximum atomic E-state index is 12.8. The number of ether oxygens (including phenoxy) is 1. The fourth-order valence-electron chi connectivity index (χ4n) is 3.27. The van der Waals surface area contributed by atoms with Crippen LogP contribution in [-0.2, 0) is 13.0 Å². The number of hydrogen-bond acceptors (Lipinski definition) is 4. The molecule has 4 aromatic rings. The van der Waals surface area contributed by atoms with Gasteiger partial charge in [-0.05, 0) is 54.8 Å². The van der Waals surface area contributed by atoms with Gasteiger partial charge in [-0.2, -0.15) is 0 Å². The van der Waals surface area contributed by atoms with E-state index in [9.17, 15) is 4.79 Å². The molecule has 0 aliphatic carbocycles. The average Bonchev–Trinajstić information content (AvgIpc) is 3.08. The highest BCUT2D eigenvalue weighted by Crippen LogP contribution is 2.29. The predicted molar refractivity (Wildman–Crippen MR) is 112 cm³/mol. The minimum Gasteiger partial charge on any atom is -0.489 e. The second-order valence-electron chi connectivity index (χ2n) is 6.83. The molecule has 0 fully saturated rings. The summed E-state index contributed by atoms with van der Waals surface area (Å²) in [5, 5.41) is 3.74. The van der Waals surface area contributed by atoms with E-state index in [-0.39, 0.29) is 5.91 Å². The van der Waals surface area contributed by atoms with Crippen molar-refractivity contribution in [3.05, 3.63) is 95.5 Å². The van der Waals surface area contributed by atoms with Crippen LogP contribution in [0.5, 0.6) is 5.75 Å². The number of benzene rings is 2. The fraction of sp³-hybridized carbons (Fsp3) is 0.167. The summed E-state index contributed by atoms with van der Waals surface area (Å²) >= 11 is 0. The zero-order chi connectivity index (χ0) is 20.1. The molecule has 5 heteroatoms. The van der Waals surface area contributed by atoms with Gasteiger partial charge in [0.1, 0.15) is 23.7 Å². The van der Waals surface area contributed by atoms with Crippen molar-refractivity contribution >= 4 is 16.9 Å². The topological polar surface area (TPSA) is 64.4 Å². The van der Waals surface area contributed by atoms with E-state index in [0.29, 0.717) is 35.8 Å². The highest BCUT2D eigenvalue weighted by atomic mass is 16.5. The van der Waals surface area contributed by atoms with Crippen LogP contribution in [0.4, 0.5) is 0 Å². The Morgan fingerprint density at radius 1 is 1.03 bits per heavy atom. The monoisotopic (exact) mass is 386 g/mol. The van der Waals surface area contributed by atoms with Crippen LogP contribution in [0.2, 0.25) is 0 Å². The molecular formula is C24H22N2O3. The summed E-state index contributed by atoms with van der Waals surface area (Å²) in [5.74, 6) is 1.16. The van der Waals surface area contributed by atoms with Crippen LogP contribution in [0.15, 0.2) is 77.5 Å². The Morgan fingerprint density at radius 2 is 1.83 bits per heavy atom. The van der Waals surface area contributed by atoms with Crippen LogP contribution < -0.4 is 10.1 Å². The third-order valence-electron chi connectivity index (χ3n) is 4.76. The fourth-order valence-corrected chi connectivity index (χ4v) is 3.27. The van der Waals surface area contributed by atoms with Crippen LogP contribution in [0.1, 0.15) is 27.2 Å². The van der Waals surface area contributed by atoms with Gasteiger partial charge in [0.05, 0.1) is 5.56 Å². The lowest BCUT2D eigenvalue weighted by Gasteiger charge is -2.07. The molecule has 0 atom stereocenters. The Labute approximate surface area is 169 Å². The highest BCUT2D eigenvalue weighted by Gasteiger charge is 2.18. The van der Waals surface area contributed by atoms with Gasteiger partial charge in [0.25, 0.3) is 5.91 Å². The lowest BCUT2D eigenvalue weighted by Crippen LogP contribution is -2.26. The Morgan fingerprint density at radius 3 is 2.62 bits per heavy atom. The van der Waals surface area contributed by atoms with Crippen LogP contribution in [0, 0.1) is 6.92 Å². The van der Waals surface area contributed by atoms with E-state index >= 15 is 0 Å². The van der Waals surface area contributed by atoms with Gasteiger partial charge in [0, 0.05) is 24.3 Å². The second-order valence-corrected chi connectivity index (χ2v) is 6.83. The van der Waals surface area contributed by atoms with E-state index in [4.69, 9.17) is 9.15 Å². The second kappa shape index (κ2) is 8.61. The number of rotatable bonds is 7. The first-order valence-electron chi connectivity index (χ1n) is 9.57. The molecule has 0 unspecified atom stereocenters. The first-order valence-corrected chi connectivity index (χ1v) is 9.57. The summed E-state index contributed by atoms with van der Waals surface area (Å²) in [5.41, 5.74) is 3.45. The van der Waals surface area contributed by atoms with Crippen molar-refractivity contribution in [2.75, 3.05) is 6.54 Å². The lowest BCUT2D eigenvalue weighted by atomic mass is 10.1. The van der Waals surface area contributed by atoms with E-state index in [2.05, 4.69) is 10.3 Å². The number of amides is 1. The number of aromatic nitrogens is 1. The van der Waals surface area contributed by atoms with Crippen molar-refractivity contribution in [3.8, 4) is 5.75 Å². The maximum absolute atomic E-state index is 12.8. The van der Waals surface area contributed by atoms with Gasteiger partial charge in [0.2, 0.25) is 0 Å². The molecule has 5 nitrogen and oxygen atoms in total. The number of nitrogens with zero attached hydrogens (tertiary/aromatic N) is 1. The normalized spacial score (nSPS) is 10.8. The molecule has 0 aliphatic rings. The standard InChI is InChI=1S/C24H22N2O3/c1-17-23(24(27)26-14-11-18-9-12-25-13-10-18)21-15-20(7-8-22(21)29-17)28-16-19-5-3-2-4-6-19/h2-10,12-13,15H,11,14,16H2,1H3,(H,26,27).